The molecule has 0 unspecified atom stereocenters. The molecule has 0 radical (unpaired) electrons. The quantitative estimate of drug-likeness (QED) is 0.488. The molecule has 2 aromatic carbocycles. The zero-order valence-electron chi connectivity index (χ0n) is 18.5. The Bertz CT molecular complexity index is 1310. The summed E-state index contributed by atoms with van der Waals surface area (Å²) in [6.45, 7) is 4.84. The Kier molecular flexibility index (Phi) is 6.07. The molecule has 0 saturated carbocycles. The lowest BCUT2D eigenvalue weighted by atomic mass is 10.2. The summed E-state index contributed by atoms with van der Waals surface area (Å²) in [6.07, 6.45) is 1.68. The van der Waals surface area contributed by atoms with E-state index < -0.39 is 0 Å². The summed E-state index contributed by atoms with van der Waals surface area (Å²) in [5.41, 5.74) is 3.71. The minimum Gasteiger partial charge on any atom is -0.497 e. The largest absolute Gasteiger partial charge is 0.497 e. The normalized spacial score (nSPS) is 11.0. The van der Waals surface area contributed by atoms with Gasteiger partial charge in [0.2, 0.25) is 5.91 Å². The van der Waals surface area contributed by atoms with E-state index in [4.69, 9.17) is 4.74 Å². The second-order valence-corrected chi connectivity index (χ2v) is 7.76. The van der Waals surface area contributed by atoms with Gasteiger partial charge in [0.1, 0.15) is 12.3 Å². The fraction of sp³-hybridized carbons (Fsp3) is 0.240. The molecular weight excluding hydrogens is 404 g/mol. The lowest BCUT2D eigenvalue weighted by Crippen LogP contribution is -2.33. The second kappa shape index (κ2) is 9.09. The van der Waals surface area contributed by atoms with E-state index in [1.807, 2.05) is 56.3 Å². The van der Waals surface area contributed by atoms with E-state index in [9.17, 15) is 9.59 Å². The molecule has 2 heterocycles. The first-order valence-electron chi connectivity index (χ1n) is 10.5. The summed E-state index contributed by atoms with van der Waals surface area (Å²) in [5.74, 6) is 0.488. The maximum Gasteiger partial charge on any atom is 0.276 e. The first-order valence-corrected chi connectivity index (χ1v) is 10.5. The predicted molar refractivity (Wildman–Crippen MR) is 124 cm³/mol. The van der Waals surface area contributed by atoms with Crippen molar-refractivity contribution in [2.24, 2.45) is 0 Å². The topological polar surface area (TPSA) is 78.2 Å². The van der Waals surface area contributed by atoms with E-state index in [0.717, 1.165) is 33.7 Å². The van der Waals surface area contributed by atoms with Crippen molar-refractivity contribution < 1.29 is 9.53 Å². The second-order valence-electron chi connectivity index (χ2n) is 7.76. The van der Waals surface area contributed by atoms with Gasteiger partial charge in [-0.15, -0.1) is 0 Å². The number of hydrogen-bond donors (Lipinski definition) is 1. The van der Waals surface area contributed by atoms with Gasteiger partial charge >= 0.3 is 0 Å². The number of nitrogens with one attached hydrogen (secondary N) is 1. The van der Waals surface area contributed by atoms with Crippen LogP contribution in [0.2, 0.25) is 0 Å². The Labute approximate surface area is 186 Å². The predicted octanol–water partition coefficient (Wildman–Crippen LogP) is 3.19. The van der Waals surface area contributed by atoms with Gasteiger partial charge in [0, 0.05) is 29.9 Å². The standard InChI is InChI=1S/C25H26N4O3/c1-17-22-14-27-29(16-23(30)26-13-19-9-11-21(32-3)12-10-19)25(31)24(22)18(2)28(17)15-20-7-5-4-6-8-20/h4-12,14H,13,15-16H2,1-3H3,(H,26,30). The number of benzene rings is 2. The third-order valence-electron chi connectivity index (χ3n) is 5.73. The zero-order valence-corrected chi connectivity index (χ0v) is 18.5. The number of aryl methyl sites for hydroxylation is 2. The Morgan fingerprint density at radius 2 is 1.72 bits per heavy atom. The molecule has 0 bridgehead atoms. The molecule has 7 nitrogen and oxygen atoms in total. The molecule has 0 fully saturated rings. The molecule has 0 saturated heterocycles. The summed E-state index contributed by atoms with van der Waals surface area (Å²) in [5, 5.41) is 8.52. The smallest absolute Gasteiger partial charge is 0.276 e. The van der Waals surface area contributed by atoms with Crippen LogP contribution in [0.3, 0.4) is 0 Å². The molecule has 0 spiro atoms. The zero-order chi connectivity index (χ0) is 22.7. The molecule has 0 aliphatic rings. The minimum atomic E-state index is -0.270. The SMILES string of the molecule is COc1ccc(CNC(=O)Cn2ncc3c(C)n(Cc4ccccc4)c(C)c3c2=O)cc1. The molecule has 4 aromatic rings. The summed E-state index contributed by atoms with van der Waals surface area (Å²) in [4.78, 5) is 25.6. The van der Waals surface area contributed by atoms with E-state index in [2.05, 4.69) is 27.1 Å². The van der Waals surface area contributed by atoms with Crippen molar-refractivity contribution in [3.05, 3.63) is 93.7 Å². The number of fused-ring (bicyclic) bond motifs is 1. The van der Waals surface area contributed by atoms with Crippen molar-refractivity contribution in [3.63, 3.8) is 0 Å². The number of carbonyl (C=O) groups excluding carboxylic acids is 1. The first kappa shape index (κ1) is 21.4. The van der Waals surface area contributed by atoms with Crippen LogP contribution in [-0.4, -0.2) is 27.4 Å². The number of methoxy groups -OCH3 is 1. The van der Waals surface area contributed by atoms with Crippen LogP contribution in [0, 0.1) is 13.8 Å². The molecule has 1 N–H and O–H groups in total. The molecule has 0 atom stereocenters. The first-order chi connectivity index (χ1) is 15.5. The Balaban J connectivity index is 1.53. The number of rotatable bonds is 7. The van der Waals surface area contributed by atoms with Gasteiger partial charge in [-0.05, 0) is 37.1 Å². The van der Waals surface area contributed by atoms with E-state index in [0.29, 0.717) is 18.5 Å². The van der Waals surface area contributed by atoms with E-state index in [1.165, 1.54) is 4.68 Å². The average Bonchev–Trinajstić information content (AvgIpc) is 3.05. The number of ether oxygens (including phenoxy) is 1. The van der Waals surface area contributed by atoms with Gasteiger partial charge in [0.15, 0.2) is 0 Å². The van der Waals surface area contributed by atoms with Crippen LogP contribution in [0.1, 0.15) is 22.5 Å². The van der Waals surface area contributed by atoms with Gasteiger partial charge in [-0.2, -0.15) is 5.10 Å². The molecule has 4 rings (SSSR count). The van der Waals surface area contributed by atoms with Crippen molar-refractivity contribution in [2.75, 3.05) is 7.11 Å². The molecule has 2 aromatic heterocycles. The van der Waals surface area contributed by atoms with Crippen molar-refractivity contribution in [2.45, 2.75) is 33.5 Å². The summed E-state index contributed by atoms with van der Waals surface area (Å²) in [6, 6.07) is 17.6. The molecule has 1 amide bonds. The molecule has 7 heteroatoms. The van der Waals surface area contributed by atoms with Gasteiger partial charge in [-0.25, -0.2) is 4.68 Å². The van der Waals surface area contributed by atoms with Crippen LogP contribution >= 0.6 is 0 Å². The van der Waals surface area contributed by atoms with Gasteiger partial charge in [0.25, 0.3) is 5.56 Å². The van der Waals surface area contributed by atoms with E-state index >= 15 is 0 Å². The summed E-state index contributed by atoms with van der Waals surface area (Å²) < 4.78 is 8.49. The monoisotopic (exact) mass is 430 g/mol. The highest BCUT2D eigenvalue weighted by Crippen LogP contribution is 2.23. The highest BCUT2D eigenvalue weighted by molar-refractivity contribution is 5.87. The molecule has 164 valence electrons. The number of hydrogen-bond acceptors (Lipinski definition) is 4. The van der Waals surface area contributed by atoms with Crippen molar-refractivity contribution in [1.29, 1.82) is 0 Å². The lowest BCUT2D eigenvalue weighted by Gasteiger charge is -2.09. The average molecular weight is 431 g/mol. The van der Waals surface area contributed by atoms with Crippen molar-refractivity contribution in [1.82, 2.24) is 19.7 Å². The van der Waals surface area contributed by atoms with Gasteiger partial charge < -0.3 is 14.6 Å². The molecule has 0 aliphatic carbocycles. The van der Waals surface area contributed by atoms with Crippen molar-refractivity contribution >= 4 is 16.7 Å². The fourth-order valence-corrected chi connectivity index (χ4v) is 3.90. The van der Waals surface area contributed by atoms with Crippen molar-refractivity contribution in [3.8, 4) is 5.75 Å². The molecule has 0 aliphatic heterocycles. The molecular formula is C25H26N4O3. The van der Waals surface area contributed by atoms with Gasteiger partial charge in [0.05, 0.1) is 18.7 Å². The molecule has 32 heavy (non-hydrogen) atoms. The lowest BCUT2D eigenvalue weighted by molar-refractivity contribution is -0.122. The summed E-state index contributed by atoms with van der Waals surface area (Å²) >= 11 is 0. The van der Waals surface area contributed by atoms with Crippen LogP contribution in [0.5, 0.6) is 5.75 Å². The third-order valence-corrected chi connectivity index (χ3v) is 5.73. The van der Waals surface area contributed by atoms with Crippen LogP contribution < -0.4 is 15.6 Å². The van der Waals surface area contributed by atoms with Crippen LogP contribution in [0.4, 0.5) is 0 Å². The van der Waals surface area contributed by atoms with E-state index in [1.54, 1.807) is 13.3 Å². The van der Waals surface area contributed by atoms with Crippen LogP contribution in [0.25, 0.3) is 10.8 Å². The maximum absolute atomic E-state index is 13.1. The number of aromatic nitrogens is 3. The highest BCUT2D eigenvalue weighted by Gasteiger charge is 2.17. The van der Waals surface area contributed by atoms with Crippen LogP contribution in [0.15, 0.2) is 65.6 Å². The fourth-order valence-electron chi connectivity index (χ4n) is 3.90. The van der Waals surface area contributed by atoms with Gasteiger partial charge in [-0.1, -0.05) is 42.5 Å². The minimum absolute atomic E-state index is 0.132. The van der Waals surface area contributed by atoms with Gasteiger partial charge in [-0.3, -0.25) is 9.59 Å². The highest BCUT2D eigenvalue weighted by atomic mass is 16.5. The third kappa shape index (κ3) is 4.27. The van der Waals surface area contributed by atoms with E-state index in [-0.39, 0.29) is 18.0 Å². The number of amides is 1. The Morgan fingerprint density at radius 3 is 2.41 bits per heavy atom. The summed E-state index contributed by atoms with van der Waals surface area (Å²) in [7, 11) is 1.61. The maximum atomic E-state index is 13.1. The Morgan fingerprint density at radius 1 is 1.00 bits per heavy atom. The number of nitrogens with zero attached hydrogens (tertiary/aromatic N) is 3. The van der Waals surface area contributed by atoms with Crippen LogP contribution in [-0.2, 0) is 24.4 Å². The number of carbonyl (C=O) groups is 1. The Hall–Kier alpha value is -3.87.